The summed E-state index contributed by atoms with van der Waals surface area (Å²) in [5.41, 5.74) is 0.712. The zero-order chi connectivity index (χ0) is 13.1. The minimum Gasteiger partial charge on any atom is -0.506 e. The van der Waals surface area contributed by atoms with Gasteiger partial charge < -0.3 is 10.4 Å². The highest BCUT2D eigenvalue weighted by atomic mass is 35.5. The van der Waals surface area contributed by atoms with Crippen LogP contribution in [0.2, 0.25) is 10.0 Å². The molecule has 0 amide bonds. The molecule has 1 atom stereocenters. The molecule has 0 aromatic heterocycles. The van der Waals surface area contributed by atoms with Gasteiger partial charge in [-0.1, -0.05) is 29.3 Å². The third kappa shape index (κ3) is 4.42. The standard InChI is InChI=1S/C13H16Cl2N2O.2ClH/c1-2-12(17-5-3-16-4-6-17)10-7-9(14)8-11(15)13(10)18;;/h2,7-8,12,16,18H,1,3-6H2;2*1H/t12-;;/m1../s1. The molecule has 7 heteroatoms. The first-order valence-electron chi connectivity index (χ1n) is 5.88. The van der Waals surface area contributed by atoms with Gasteiger partial charge in [0.15, 0.2) is 0 Å². The van der Waals surface area contributed by atoms with E-state index in [1.165, 1.54) is 0 Å². The Morgan fingerprint density at radius 1 is 1.25 bits per heavy atom. The maximum atomic E-state index is 10.1. The minimum absolute atomic E-state index is 0. The van der Waals surface area contributed by atoms with E-state index in [0.717, 1.165) is 26.2 Å². The number of phenols is 1. The molecule has 1 fully saturated rings. The van der Waals surface area contributed by atoms with Gasteiger partial charge in [0.25, 0.3) is 0 Å². The molecule has 114 valence electrons. The van der Waals surface area contributed by atoms with Crippen molar-refractivity contribution >= 4 is 48.0 Å². The average molecular weight is 360 g/mol. The lowest BCUT2D eigenvalue weighted by molar-refractivity contribution is 0.201. The molecule has 1 heterocycles. The summed E-state index contributed by atoms with van der Waals surface area (Å²) in [5, 5.41) is 14.2. The number of hydrogen-bond acceptors (Lipinski definition) is 3. The zero-order valence-electron chi connectivity index (χ0n) is 10.8. The molecule has 1 aliphatic rings. The van der Waals surface area contributed by atoms with Gasteiger partial charge in [-0.25, -0.2) is 0 Å². The maximum Gasteiger partial charge on any atom is 0.139 e. The van der Waals surface area contributed by atoms with Crippen molar-refractivity contribution in [1.82, 2.24) is 10.2 Å². The number of rotatable bonds is 3. The van der Waals surface area contributed by atoms with E-state index in [9.17, 15) is 5.11 Å². The van der Waals surface area contributed by atoms with Gasteiger partial charge in [-0.05, 0) is 12.1 Å². The SMILES string of the molecule is C=C[C@H](c1cc(Cl)cc(Cl)c1O)N1CCNCC1.Cl.Cl. The van der Waals surface area contributed by atoms with E-state index in [-0.39, 0.29) is 41.6 Å². The number of phenolic OH excluding ortho intramolecular Hbond substituents is 1. The van der Waals surface area contributed by atoms with Crippen molar-refractivity contribution in [2.75, 3.05) is 26.2 Å². The van der Waals surface area contributed by atoms with E-state index in [1.54, 1.807) is 12.1 Å². The molecule has 0 radical (unpaired) electrons. The quantitative estimate of drug-likeness (QED) is 0.808. The van der Waals surface area contributed by atoms with Crippen LogP contribution in [0.4, 0.5) is 0 Å². The molecular weight excluding hydrogens is 342 g/mol. The number of piperazine rings is 1. The average Bonchev–Trinajstić information content (AvgIpc) is 2.37. The highest BCUT2D eigenvalue weighted by molar-refractivity contribution is 6.35. The molecule has 0 aliphatic carbocycles. The van der Waals surface area contributed by atoms with Gasteiger partial charge in [-0.15, -0.1) is 31.4 Å². The van der Waals surface area contributed by atoms with E-state index < -0.39 is 0 Å². The Morgan fingerprint density at radius 3 is 2.40 bits per heavy atom. The summed E-state index contributed by atoms with van der Waals surface area (Å²) in [6, 6.07) is 3.22. The zero-order valence-corrected chi connectivity index (χ0v) is 14.0. The molecule has 2 N–H and O–H groups in total. The Hall–Kier alpha value is -0.160. The van der Waals surface area contributed by atoms with Crippen LogP contribution in [0.15, 0.2) is 24.8 Å². The van der Waals surface area contributed by atoms with Crippen LogP contribution in [0.3, 0.4) is 0 Å². The molecule has 1 aliphatic heterocycles. The number of benzene rings is 1. The highest BCUT2D eigenvalue weighted by Crippen LogP contribution is 2.37. The highest BCUT2D eigenvalue weighted by Gasteiger charge is 2.23. The first-order valence-corrected chi connectivity index (χ1v) is 6.64. The summed E-state index contributed by atoms with van der Waals surface area (Å²) in [5.74, 6) is 0.0875. The van der Waals surface area contributed by atoms with Crippen LogP contribution in [-0.4, -0.2) is 36.2 Å². The Labute approximate surface area is 141 Å². The molecule has 3 nitrogen and oxygen atoms in total. The van der Waals surface area contributed by atoms with Gasteiger partial charge in [0.1, 0.15) is 5.75 Å². The van der Waals surface area contributed by atoms with Crippen molar-refractivity contribution in [1.29, 1.82) is 0 Å². The summed E-state index contributed by atoms with van der Waals surface area (Å²) in [7, 11) is 0. The molecular formula is C13H18Cl4N2O. The number of aromatic hydroxyl groups is 1. The third-order valence-electron chi connectivity index (χ3n) is 3.14. The second-order valence-electron chi connectivity index (χ2n) is 4.29. The van der Waals surface area contributed by atoms with E-state index in [4.69, 9.17) is 23.2 Å². The van der Waals surface area contributed by atoms with Gasteiger partial charge in [-0.2, -0.15) is 0 Å². The number of halogens is 4. The van der Waals surface area contributed by atoms with Gasteiger partial charge in [0.2, 0.25) is 0 Å². The molecule has 20 heavy (non-hydrogen) atoms. The fourth-order valence-corrected chi connectivity index (χ4v) is 2.75. The van der Waals surface area contributed by atoms with Crippen molar-refractivity contribution in [2.45, 2.75) is 6.04 Å². The predicted octanol–water partition coefficient (Wildman–Crippen LogP) is 3.67. The van der Waals surface area contributed by atoms with Gasteiger partial charge in [0, 0.05) is 36.8 Å². The molecule has 0 saturated carbocycles. The summed E-state index contributed by atoms with van der Waals surface area (Å²) >= 11 is 12.0. The Bertz CT molecular complexity index is 450. The van der Waals surface area contributed by atoms with E-state index >= 15 is 0 Å². The number of nitrogens with zero attached hydrogens (tertiary/aromatic N) is 1. The maximum absolute atomic E-state index is 10.1. The van der Waals surface area contributed by atoms with Gasteiger partial charge in [0.05, 0.1) is 11.1 Å². The van der Waals surface area contributed by atoms with Crippen molar-refractivity contribution in [3.63, 3.8) is 0 Å². The second kappa shape index (κ2) is 8.98. The van der Waals surface area contributed by atoms with Gasteiger partial charge in [-0.3, -0.25) is 4.90 Å². The van der Waals surface area contributed by atoms with E-state index in [2.05, 4.69) is 16.8 Å². The van der Waals surface area contributed by atoms with Crippen molar-refractivity contribution < 1.29 is 5.11 Å². The minimum atomic E-state index is -0.0664. The fourth-order valence-electron chi connectivity index (χ4n) is 2.24. The molecule has 2 rings (SSSR count). The van der Waals surface area contributed by atoms with Crippen molar-refractivity contribution in [3.8, 4) is 5.75 Å². The molecule has 1 saturated heterocycles. The summed E-state index contributed by atoms with van der Waals surface area (Å²) in [6.07, 6.45) is 1.81. The fraction of sp³-hybridized carbons (Fsp3) is 0.385. The first-order chi connectivity index (χ1) is 8.63. The monoisotopic (exact) mass is 358 g/mol. The van der Waals surface area contributed by atoms with E-state index in [0.29, 0.717) is 10.6 Å². The van der Waals surface area contributed by atoms with Crippen LogP contribution in [0, 0.1) is 0 Å². The number of hydrogen-bond donors (Lipinski definition) is 2. The largest absolute Gasteiger partial charge is 0.506 e. The van der Waals surface area contributed by atoms with E-state index in [1.807, 2.05) is 6.08 Å². The lowest BCUT2D eigenvalue weighted by Gasteiger charge is -2.33. The van der Waals surface area contributed by atoms with Crippen LogP contribution >= 0.6 is 48.0 Å². The lowest BCUT2D eigenvalue weighted by Crippen LogP contribution is -2.44. The van der Waals surface area contributed by atoms with Crippen LogP contribution in [-0.2, 0) is 0 Å². The Kier molecular flexibility index (Phi) is 8.91. The smallest absolute Gasteiger partial charge is 0.139 e. The molecule has 0 spiro atoms. The van der Waals surface area contributed by atoms with Crippen LogP contribution in [0.25, 0.3) is 0 Å². The van der Waals surface area contributed by atoms with Crippen LogP contribution < -0.4 is 5.32 Å². The summed E-state index contributed by atoms with van der Waals surface area (Å²) < 4.78 is 0. The Balaban J connectivity index is 0.00000180. The lowest BCUT2D eigenvalue weighted by atomic mass is 10.0. The topological polar surface area (TPSA) is 35.5 Å². The number of nitrogens with one attached hydrogen (secondary N) is 1. The summed E-state index contributed by atoms with van der Waals surface area (Å²) in [4.78, 5) is 2.24. The predicted molar refractivity (Wildman–Crippen MR) is 90.0 cm³/mol. The summed E-state index contributed by atoms with van der Waals surface area (Å²) in [6.45, 7) is 7.52. The van der Waals surface area contributed by atoms with Gasteiger partial charge >= 0.3 is 0 Å². The van der Waals surface area contributed by atoms with Crippen molar-refractivity contribution in [2.24, 2.45) is 0 Å². The van der Waals surface area contributed by atoms with Crippen molar-refractivity contribution in [3.05, 3.63) is 40.4 Å². The normalized spacial score (nSPS) is 16.7. The molecule has 1 aromatic carbocycles. The Morgan fingerprint density at radius 2 is 1.85 bits per heavy atom. The molecule has 1 aromatic rings. The second-order valence-corrected chi connectivity index (χ2v) is 5.14. The van der Waals surface area contributed by atoms with Crippen LogP contribution in [0.5, 0.6) is 5.75 Å². The molecule has 0 unspecified atom stereocenters. The first kappa shape index (κ1) is 19.8. The molecule has 0 bridgehead atoms. The third-order valence-corrected chi connectivity index (χ3v) is 3.65. The van der Waals surface area contributed by atoms with Crippen LogP contribution in [0.1, 0.15) is 11.6 Å².